The van der Waals surface area contributed by atoms with Gasteiger partial charge in [-0.2, -0.15) is 0 Å². The predicted octanol–water partition coefficient (Wildman–Crippen LogP) is 3.89. The summed E-state index contributed by atoms with van der Waals surface area (Å²) in [4.78, 5) is 1.43. The van der Waals surface area contributed by atoms with Gasteiger partial charge in [0.1, 0.15) is 4.99 Å². The molecule has 2 rings (SSSR count). The molecule has 0 aliphatic rings. The number of nitrogens with zero attached hydrogens (tertiary/aromatic N) is 1. The van der Waals surface area contributed by atoms with E-state index in [0.29, 0.717) is 11.6 Å². The van der Waals surface area contributed by atoms with E-state index in [4.69, 9.17) is 17.3 Å². The predicted molar refractivity (Wildman–Crippen MR) is 85.8 cm³/mol. The van der Waals surface area contributed by atoms with Crippen molar-refractivity contribution in [2.24, 2.45) is 5.73 Å². The largest absolute Gasteiger partial charge is 0.389 e. The average Bonchev–Trinajstić information content (AvgIpc) is 2.43. The minimum atomic E-state index is -1.03. The molecule has 0 atom stereocenters. The van der Waals surface area contributed by atoms with Gasteiger partial charge in [-0.1, -0.05) is 36.0 Å². The fourth-order valence-electron chi connectivity index (χ4n) is 1.97. The van der Waals surface area contributed by atoms with Gasteiger partial charge < -0.3 is 10.6 Å². The summed E-state index contributed by atoms with van der Waals surface area (Å²) in [7, 11) is 1.67. The van der Waals surface area contributed by atoms with E-state index >= 15 is 0 Å². The van der Waals surface area contributed by atoms with Gasteiger partial charge in [0, 0.05) is 24.2 Å². The van der Waals surface area contributed by atoms with Gasteiger partial charge in [-0.3, -0.25) is 0 Å². The monoisotopic (exact) mass is 326 g/mol. The SMILES string of the molecule is CN(Cc1ccc(Cl)cc1)c1ccc(C(N)=S)c(F)c1F. The number of rotatable bonds is 4. The number of benzene rings is 2. The smallest absolute Gasteiger partial charge is 0.182 e. The zero-order valence-electron chi connectivity index (χ0n) is 11.2. The molecule has 0 radical (unpaired) electrons. The number of halogens is 3. The zero-order valence-corrected chi connectivity index (χ0v) is 12.8. The Kier molecular flexibility index (Phi) is 4.75. The molecular formula is C15H13ClF2N2S. The molecule has 0 unspecified atom stereocenters. The first-order valence-corrected chi connectivity index (χ1v) is 6.92. The van der Waals surface area contributed by atoms with Crippen molar-refractivity contribution in [2.75, 3.05) is 11.9 Å². The molecule has 0 saturated carbocycles. The Morgan fingerprint density at radius 3 is 2.33 bits per heavy atom. The molecule has 0 aliphatic carbocycles. The first kappa shape index (κ1) is 15.7. The average molecular weight is 327 g/mol. The summed E-state index contributed by atoms with van der Waals surface area (Å²) in [6.45, 7) is 0.417. The van der Waals surface area contributed by atoms with Gasteiger partial charge in [-0.25, -0.2) is 8.78 Å². The lowest BCUT2D eigenvalue weighted by atomic mass is 10.1. The number of hydrogen-bond acceptors (Lipinski definition) is 2. The minimum Gasteiger partial charge on any atom is -0.389 e. The van der Waals surface area contributed by atoms with E-state index in [0.717, 1.165) is 5.56 Å². The number of thiocarbonyl (C=S) groups is 1. The first-order chi connectivity index (χ1) is 9.90. The van der Waals surface area contributed by atoms with E-state index in [1.807, 2.05) is 12.1 Å². The Hall–Kier alpha value is -1.72. The molecule has 0 aromatic heterocycles. The van der Waals surface area contributed by atoms with Gasteiger partial charge in [0.2, 0.25) is 0 Å². The molecule has 6 heteroatoms. The molecule has 0 heterocycles. The topological polar surface area (TPSA) is 29.3 Å². The number of hydrogen-bond donors (Lipinski definition) is 1. The third kappa shape index (κ3) is 3.49. The second kappa shape index (κ2) is 6.37. The fourth-order valence-corrected chi connectivity index (χ4v) is 2.26. The number of anilines is 1. The van der Waals surface area contributed by atoms with Crippen LogP contribution >= 0.6 is 23.8 Å². The fraction of sp³-hybridized carbons (Fsp3) is 0.133. The van der Waals surface area contributed by atoms with Crippen LogP contribution in [0.5, 0.6) is 0 Å². The highest BCUT2D eigenvalue weighted by Gasteiger charge is 2.17. The summed E-state index contributed by atoms with van der Waals surface area (Å²) in [5.74, 6) is -1.99. The molecule has 0 amide bonds. The van der Waals surface area contributed by atoms with Crippen molar-refractivity contribution in [3.8, 4) is 0 Å². The van der Waals surface area contributed by atoms with Gasteiger partial charge in [-0.15, -0.1) is 0 Å². The van der Waals surface area contributed by atoms with E-state index in [-0.39, 0.29) is 16.2 Å². The molecule has 2 aromatic rings. The van der Waals surface area contributed by atoms with Crippen LogP contribution in [0, 0.1) is 11.6 Å². The van der Waals surface area contributed by atoms with Crippen molar-refractivity contribution in [3.63, 3.8) is 0 Å². The van der Waals surface area contributed by atoms with Crippen LogP contribution in [0.3, 0.4) is 0 Å². The van der Waals surface area contributed by atoms with Gasteiger partial charge >= 0.3 is 0 Å². The molecule has 21 heavy (non-hydrogen) atoms. The maximum Gasteiger partial charge on any atom is 0.182 e. The lowest BCUT2D eigenvalue weighted by molar-refractivity contribution is 0.506. The van der Waals surface area contributed by atoms with Crippen molar-refractivity contribution in [1.29, 1.82) is 0 Å². The first-order valence-electron chi connectivity index (χ1n) is 6.13. The van der Waals surface area contributed by atoms with Gasteiger partial charge in [0.05, 0.1) is 5.69 Å². The summed E-state index contributed by atoms with van der Waals surface area (Å²) in [5, 5.41) is 0.624. The number of nitrogens with two attached hydrogens (primary N) is 1. The Bertz CT molecular complexity index is 674. The van der Waals surface area contributed by atoms with E-state index in [1.165, 1.54) is 12.1 Å². The molecule has 110 valence electrons. The lowest BCUT2D eigenvalue weighted by Crippen LogP contribution is -2.20. The maximum absolute atomic E-state index is 14.1. The maximum atomic E-state index is 14.1. The van der Waals surface area contributed by atoms with Crippen LogP contribution in [0.2, 0.25) is 5.02 Å². The highest BCUT2D eigenvalue weighted by Crippen LogP contribution is 2.25. The van der Waals surface area contributed by atoms with E-state index < -0.39 is 11.6 Å². The van der Waals surface area contributed by atoms with Crippen molar-refractivity contribution in [2.45, 2.75) is 6.54 Å². The lowest BCUT2D eigenvalue weighted by Gasteiger charge is -2.21. The van der Waals surface area contributed by atoms with Crippen LogP contribution in [-0.2, 0) is 6.54 Å². The van der Waals surface area contributed by atoms with Crippen molar-refractivity contribution in [1.82, 2.24) is 0 Å². The summed E-state index contributed by atoms with van der Waals surface area (Å²) in [5.41, 5.74) is 6.33. The van der Waals surface area contributed by atoms with Crippen molar-refractivity contribution in [3.05, 3.63) is 64.2 Å². The second-order valence-corrected chi connectivity index (χ2v) is 5.48. The van der Waals surface area contributed by atoms with Crippen molar-refractivity contribution < 1.29 is 8.78 Å². The van der Waals surface area contributed by atoms with Crippen LogP contribution in [0.15, 0.2) is 36.4 Å². The molecule has 0 bridgehead atoms. The highest BCUT2D eigenvalue weighted by molar-refractivity contribution is 7.80. The minimum absolute atomic E-state index is 0.0915. The Balaban J connectivity index is 2.27. The molecule has 0 saturated heterocycles. The van der Waals surface area contributed by atoms with E-state index in [2.05, 4.69) is 12.2 Å². The molecular weight excluding hydrogens is 314 g/mol. The van der Waals surface area contributed by atoms with Gasteiger partial charge in [-0.05, 0) is 29.8 Å². The summed E-state index contributed by atoms with van der Waals surface area (Å²) in [6.07, 6.45) is 0. The van der Waals surface area contributed by atoms with Crippen molar-refractivity contribution >= 4 is 34.5 Å². The standard InChI is InChI=1S/C15H13ClF2N2S/c1-20(8-9-2-4-10(16)5-3-9)12-7-6-11(15(19)21)13(17)14(12)18/h2-7H,8H2,1H3,(H2,19,21). The molecule has 0 fully saturated rings. The Morgan fingerprint density at radius 2 is 1.76 bits per heavy atom. The van der Waals surface area contributed by atoms with Crippen LogP contribution in [0.1, 0.15) is 11.1 Å². The van der Waals surface area contributed by atoms with Crippen LogP contribution in [0.4, 0.5) is 14.5 Å². The Morgan fingerprint density at radius 1 is 1.14 bits per heavy atom. The third-order valence-electron chi connectivity index (χ3n) is 3.07. The highest BCUT2D eigenvalue weighted by atomic mass is 35.5. The molecule has 2 nitrogen and oxygen atoms in total. The molecule has 2 N–H and O–H groups in total. The van der Waals surface area contributed by atoms with E-state index in [1.54, 1.807) is 24.1 Å². The molecule has 0 spiro atoms. The van der Waals surface area contributed by atoms with Crippen LogP contribution in [-0.4, -0.2) is 12.0 Å². The normalized spacial score (nSPS) is 10.5. The van der Waals surface area contributed by atoms with Gasteiger partial charge in [0.15, 0.2) is 11.6 Å². The zero-order chi connectivity index (χ0) is 15.6. The van der Waals surface area contributed by atoms with E-state index in [9.17, 15) is 8.78 Å². The molecule has 0 aliphatic heterocycles. The van der Waals surface area contributed by atoms with Crippen LogP contribution < -0.4 is 10.6 Å². The Labute approximate surface area is 132 Å². The quantitative estimate of drug-likeness (QED) is 0.864. The second-order valence-electron chi connectivity index (χ2n) is 4.61. The van der Waals surface area contributed by atoms with Gasteiger partial charge in [0.25, 0.3) is 0 Å². The summed E-state index contributed by atoms with van der Waals surface area (Å²) >= 11 is 10.5. The third-order valence-corrected chi connectivity index (χ3v) is 3.54. The molecule has 2 aromatic carbocycles. The summed E-state index contributed by atoms with van der Waals surface area (Å²) < 4.78 is 28.0. The van der Waals surface area contributed by atoms with Crippen LogP contribution in [0.25, 0.3) is 0 Å². The summed E-state index contributed by atoms with van der Waals surface area (Å²) in [6, 6.07) is 10.00.